The summed E-state index contributed by atoms with van der Waals surface area (Å²) in [4.78, 5) is 13.4. The molecule has 1 aromatic rings. The van der Waals surface area contributed by atoms with Gasteiger partial charge >= 0.3 is 13.5 Å². The van der Waals surface area contributed by atoms with Gasteiger partial charge in [-0.25, -0.2) is 13.2 Å². The summed E-state index contributed by atoms with van der Waals surface area (Å²) in [5.74, 6) is 0.168. The number of carbonyl (C=O) groups excluding carboxylic acids is 1. The Hall–Kier alpha value is -1.92. The first-order chi connectivity index (χ1) is 9.35. The highest BCUT2D eigenvalue weighted by Crippen LogP contribution is 2.38. The fraction of sp³-hybridized carbons (Fsp3) is 0.625. The van der Waals surface area contributed by atoms with Crippen LogP contribution in [0.2, 0.25) is 0 Å². The van der Waals surface area contributed by atoms with E-state index in [0.717, 1.165) is 0 Å². The van der Waals surface area contributed by atoms with Gasteiger partial charge in [-0.05, 0) is 12.8 Å². The number of piperidine rings is 1. The number of aromatic nitrogens is 2. The van der Waals surface area contributed by atoms with Gasteiger partial charge in [-0.1, -0.05) is 5.10 Å². The number of hydroxylamine groups is 2. The van der Waals surface area contributed by atoms with Crippen molar-refractivity contribution in [2.24, 2.45) is 0 Å². The Morgan fingerprint density at radius 3 is 2.80 bits per heavy atom. The average Bonchev–Trinajstić information content (AvgIpc) is 2.88. The molecule has 1 aromatic heterocycles. The summed E-state index contributed by atoms with van der Waals surface area (Å²) in [6.45, 7) is 0.210. The molecule has 0 aromatic carbocycles. The zero-order valence-electron chi connectivity index (χ0n) is 11.0. The molecule has 20 heavy (non-hydrogen) atoms. The molecule has 2 aliphatic rings. The quantitative estimate of drug-likeness (QED) is 0.552. The van der Waals surface area contributed by atoms with Crippen LogP contribution in [0.3, 0.4) is 0 Å². The molecule has 2 N–H and O–H groups in total. The monoisotopic (exact) mass is 305 g/mol. The molecule has 3 rings (SSSR count). The van der Waals surface area contributed by atoms with E-state index in [9.17, 15) is 17.8 Å². The Balaban J connectivity index is 0.00000161. The minimum atomic E-state index is -5.00. The summed E-state index contributed by atoms with van der Waals surface area (Å²) in [6, 6.07) is -1.85. The summed E-state index contributed by atoms with van der Waals surface area (Å²) in [5, 5.41) is 7.81. The van der Waals surface area contributed by atoms with Crippen molar-refractivity contribution in [3.05, 3.63) is 5.89 Å². The third kappa shape index (κ3) is 2.17. The molecule has 0 spiro atoms. The van der Waals surface area contributed by atoms with Crippen LogP contribution in [0, 0.1) is 0 Å². The van der Waals surface area contributed by atoms with E-state index in [-0.39, 0.29) is 19.9 Å². The number of hydrogen-bond donors (Lipinski definition) is 1. The summed E-state index contributed by atoms with van der Waals surface area (Å²) in [7, 11) is -5.00. The summed E-state index contributed by atoms with van der Waals surface area (Å²) < 4.78 is 41.1. The van der Waals surface area contributed by atoms with Crippen LogP contribution in [0.15, 0.2) is 4.42 Å². The van der Waals surface area contributed by atoms with E-state index in [2.05, 4.69) is 14.5 Å². The maximum absolute atomic E-state index is 12.1. The van der Waals surface area contributed by atoms with Gasteiger partial charge in [0.05, 0.1) is 6.04 Å². The molecule has 110 valence electrons. The molecular formula is C8H11N5O6S. The Bertz CT molecular complexity index is 649. The molecule has 0 radical (unpaired) electrons. The SMILES string of the molecule is Nc1nnc([C@@H]2CC[C@@H]3CN2C(=O)N3OS(=O)(=O)[O-])o1.[H+]. The van der Waals surface area contributed by atoms with Crippen molar-refractivity contribution < 1.29 is 27.9 Å². The second-order valence-corrected chi connectivity index (χ2v) is 5.43. The first-order valence-corrected chi connectivity index (χ1v) is 7.02. The van der Waals surface area contributed by atoms with E-state index in [1.165, 1.54) is 4.90 Å². The predicted octanol–water partition coefficient (Wildman–Crippen LogP) is -0.903. The first-order valence-electron chi connectivity index (χ1n) is 5.69. The van der Waals surface area contributed by atoms with E-state index < -0.39 is 28.5 Å². The van der Waals surface area contributed by atoms with Gasteiger partial charge in [0.25, 0.3) is 0 Å². The zero-order valence-corrected chi connectivity index (χ0v) is 10.8. The Morgan fingerprint density at radius 1 is 1.45 bits per heavy atom. The van der Waals surface area contributed by atoms with Crippen molar-refractivity contribution in [1.82, 2.24) is 20.2 Å². The number of nitrogens with two attached hydrogens (primary N) is 1. The third-order valence-corrected chi connectivity index (χ3v) is 3.58. The van der Waals surface area contributed by atoms with E-state index in [1.807, 2.05) is 0 Å². The Morgan fingerprint density at radius 2 is 2.20 bits per heavy atom. The normalized spacial score (nSPS) is 26.4. The van der Waals surface area contributed by atoms with Crippen LogP contribution < -0.4 is 5.73 Å². The molecule has 2 saturated heterocycles. The molecule has 0 unspecified atom stereocenters. The average molecular weight is 305 g/mol. The maximum Gasteiger partial charge on any atom is 1.00 e. The lowest BCUT2D eigenvalue weighted by Crippen LogP contribution is -2.35. The maximum atomic E-state index is 12.1. The van der Waals surface area contributed by atoms with Gasteiger partial charge < -0.3 is 19.6 Å². The largest absolute Gasteiger partial charge is 1.00 e. The van der Waals surface area contributed by atoms with Crippen LogP contribution in [0.5, 0.6) is 0 Å². The number of nitrogen functional groups attached to an aromatic ring is 1. The Kier molecular flexibility index (Phi) is 2.81. The molecule has 11 nitrogen and oxygen atoms in total. The van der Waals surface area contributed by atoms with Crippen LogP contribution in [0.1, 0.15) is 26.2 Å². The molecule has 2 atom stereocenters. The smallest absolute Gasteiger partial charge is 0.724 e. The number of anilines is 1. The van der Waals surface area contributed by atoms with Crippen molar-refractivity contribution in [1.29, 1.82) is 0 Å². The van der Waals surface area contributed by atoms with Gasteiger partial charge in [-0.15, -0.1) is 5.10 Å². The van der Waals surface area contributed by atoms with Crippen molar-refractivity contribution in [3.8, 4) is 0 Å². The standard InChI is InChI=1S/C8H11N5O6S/c9-7-11-10-6(18-7)5-2-1-4-3-12(5)8(14)13(4)19-20(15,16)17/h4-5H,1-3H2,(H2,9,11)(H,15,16,17)/t4-,5+/m1/s1. The highest BCUT2D eigenvalue weighted by molar-refractivity contribution is 7.80. The lowest BCUT2D eigenvalue weighted by molar-refractivity contribution is -0.0328. The molecular weight excluding hydrogens is 294 g/mol. The van der Waals surface area contributed by atoms with E-state index in [4.69, 9.17) is 10.2 Å². The fourth-order valence-corrected chi connectivity index (χ4v) is 2.85. The lowest BCUT2D eigenvalue weighted by Gasteiger charge is -2.27. The molecule has 12 heteroatoms. The molecule has 0 aliphatic carbocycles. The molecule has 0 saturated carbocycles. The van der Waals surface area contributed by atoms with Gasteiger partial charge in [0.2, 0.25) is 16.3 Å². The number of rotatable bonds is 3. The van der Waals surface area contributed by atoms with E-state index >= 15 is 0 Å². The fourth-order valence-electron chi connectivity index (χ4n) is 2.47. The van der Waals surface area contributed by atoms with Crippen molar-refractivity contribution in [3.63, 3.8) is 0 Å². The first kappa shape index (κ1) is 13.1. The summed E-state index contributed by atoms with van der Waals surface area (Å²) in [5.41, 5.74) is 5.33. The third-order valence-electron chi connectivity index (χ3n) is 3.24. The van der Waals surface area contributed by atoms with Gasteiger partial charge in [-0.2, -0.15) is 9.35 Å². The van der Waals surface area contributed by atoms with Crippen LogP contribution >= 0.6 is 0 Å². The van der Waals surface area contributed by atoms with E-state index in [0.29, 0.717) is 17.9 Å². The topological polar surface area (TPSA) is 155 Å². The van der Waals surface area contributed by atoms with Crippen molar-refractivity contribution >= 4 is 22.4 Å². The van der Waals surface area contributed by atoms with E-state index in [1.54, 1.807) is 0 Å². The number of urea groups is 1. The van der Waals surface area contributed by atoms with Crippen LogP contribution in [0.4, 0.5) is 10.8 Å². The molecule has 2 bridgehead atoms. The number of fused-ring (bicyclic) bond motifs is 2. The highest BCUT2D eigenvalue weighted by atomic mass is 32.3. The van der Waals surface area contributed by atoms with Crippen LogP contribution in [0.25, 0.3) is 0 Å². The molecule has 2 fully saturated rings. The zero-order chi connectivity index (χ0) is 14.5. The van der Waals surface area contributed by atoms with Crippen molar-refractivity contribution in [2.75, 3.05) is 12.3 Å². The van der Waals surface area contributed by atoms with Gasteiger partial charge in [0.15, 0.2) is 0 Å². The molecule has 2 amide bonds. The minimum absolute atomic E-state index is 0. The molecule has 2 aliphatic heterocycles. The Labute approximate surface area is 114 Å². The van der Waals surface area contributed by atoms with Gasteiger partial charge in [0, 0.05) is 6.54 Å². The summed E-state index contributed by atoms with van der Waals surface area (Å²) >= 11 is 0. The van der Waals surface area contributed by atoms with Crippen LogP contribution in [-0.4, -0.2) is 51.7 Å². The number of nitrogens with zero attached hydrogens (tertiary/aromatic N) is 4. The second kappa shape index (κ2) is 4.29. The van der Waals surface area contributed by atoms with Crippen molar-refractivity contribution in [2.45, 2.75) is 24.9 Å². The highest BCUT2D eigenvalue weighted by Gasteiger charge is 2.48. The number of hydrogen-bond acceptors (Lipinski definition) is 9. The minimum Gasteiger partial charge on any atom is -0.724 e. The number of carbonyl (C=O) groups is 1. The summed E-state index contributed by atoms with van der Waals surface area (Å²) in [6.07, 6.45) is 0.904. The lowest BCUT2D eigenvalue weighted by atomic mass is 10.0. The molecule has 3 heterocycles. The van der Waals surface area contributed by atoms with Gasteiger partial charge in [0.1, 0.15) is 6.04 Å². The number of amides is 2. The van der Waals surface area contributed by atoms with Crippen LogP contribution in [-0.2, 0) is 14.7 Å². The predicted molar refractivity (Wildman–Crippen MR) is 60.3 cm³/mol. The van der Waals surface area contributed by atoms with Gasteiger partial charge in [-0.3, -0.25) is 0 Å². The second-order valence-electron chi connectivity index (χ2n) is 4.47.